The number of carbonyl (C=O) groups is 1. The molecule has 5 heteroatoms. The SMILES string of the molecule is O=C(NCc1cccnc1-n1ccnc1)c1cccc2ccccc12. The first kappa shape index (κ1) is 15.1. The summed E-state index contributed by atoms with van der Waals surface area (Å²) in [4.78, 5) is 21.1. The number of amides is 1. The van der Waals surface area contributed by atoms with E-state index < -0.39 is 0 Å². The molecular weight excluding hydrogens is 312 g/mol. The van der Waals surface area contributed by atoms with Crippen LogP contribution >= 0.6 is 0 Å². The van der Waals surface area contributed by atoms with Crippen molar-refractivity contribution in [3.05, 3.63) is 90.6 Å². The molecule has 0 spiro atoms. The standard InChI is InChI=1S/C20H16N4O/c25-20(18-9-3-6-15-5-1-2-8-17(15)18)23-13-16-7-4-10-22-19(16)24-12-11-21-14-24/h1-12,14H,13H2,(H,23,25). The maximum Gasteiger partial charge on any atom is 0.252 e. The van der Waals surface area contributed by atoms with E-state index >= 15 is 0 Å². The highest BCUT2D eigenvalue weighted by Gasteiger charge is 2.11. The lowest BCUT2D eigenvalue weighted by molar-refractivity contribution is 0.0952. The third-order valence-corrected chi connectivity index (χ3v) is 4.09. The van der Waals surface area contributed by atoms with E-state index in [4.69, 9.17) is 0 Å². The van der Waals surface area contributed by atoms with Gasteiger partial charge in [-0.25, -0.2) is 9.97 Å². The Labute approximate surface area is 145 Å². The van der Waals surface area contributed by atoms with E-state index in [1.54, 1.807) is 18.7 Å². The van der Waals surface area contributed by atoms with Crippen LogP contribution in [0, 0.1) is 0 Å². The van der Waals surface area contributed by atoms with E-state index in [2.05, 4.69) is 15.3 Å². The Balaban J connectivity index is 1.59. The maximum absolute atomic E-state index is 12.7. The van der Waals surface area contributed by atoms with Crippen molar-refractivity contribution < 1.29 is 4.79 Å². The van der Waals surface area contributed by atoms with Crippen LogP contribution in [0.25, 0.3) is 16.6 Å². The molecule has 5 nitrogen and oxygen atoms in total. The van der Waals surface area contributed by atoms with Crippen molar-refractivity contribution in [2.24, 2.45) is 0 Å². The lowest BCUT2D eigenvalue weighted by Crippen LogP contribution is -2.24. The molecule has 0 aliphatic rings. The summed E-state index contributed by atoms with van der Waals surface area (Å²) in [5, 5.41) is 5.00. The summed E-state index contributed by atoms with van der Waals surface area (Å²) in [6.45, 7) is 0.392. The Morgan fingerprint density at radius 2 is 1.88 bits per heavy atom. The molecule has 2 aromatic heterocycles. The highest BCUT2D eigenvalue weighted by molar-refractivity contribution is 6.06. The zero-order chi connectivity index (χ0) is 17.1. The quantitative estimate of drug-likeness (QED) is 0.625. The fourth-order valence-electron chi connectivity index (χ4n) is 2.88. The monoisotopic (exact) mass is 328 g/mol. The van der Waals surface area contributed by atoms with Gasteiger partial charge in [0.1, 0.15) is 12.1 Å². The second-order valence-electron chi connectivity index (χ2n) is 5.67. The molecule has 0 saturated heterocycles. The summed E-state index contributed by atoms with van der Waals surface area (Å²) in [5.41, 5.74) is 1.60. The van der Waals surface area contributed by atoms with Crippen LogP contribution in [-0.4, -0.2) is 20.4 Å². The molecule has 25 heavy (non-hydrogen) atoms. The first-order chi connectivity index (χ1) is 12.3. The third-order valence-electron chi connectivity index (χ3n) is 4.09. The molecule has 4 rings (SSSR count). The Hall–Kier alpha value is -3.47. The molecule has 0 radical (unpaired) electrons. The van der Waals surface area contributed by atoms with Crippen molar-refractivity contribution in [2.45, 2.75) is 6.54 Å². The summed E-state index contributed by atoms with van der Waals surface area (Å²) >= 11 is 0. The van der Waals surface area contributed by atoms with Crippen LogP contribution in [0.1, 0.15) is 15.9 Å². The van der Waals surface area contributed by atoms with E-state index in [9.17, 15) is 4.79 Å². The van der Waals surface area contributed by atoms with Gasteiger partial charge in [0, 0.05) is 36.3 Å². The number of fused-ring (bicyclic) bond motifs is 1. The number of nitrogens with one attached hydrogen (secondary N) is 1. The highest BCUT2D eigenvalue weighted by atomic mass is 16.1. The van der Waals surface area contributed by atoms with Crippen LogP contribution in [-0.2, 0) is 6.54 Å². The smallest absolute Gasteiger partial charge is 0.252 e. The van der Waals surface area contributed by atoms with Crippen molar-refractivity contribution in [3.8, 4) is 5.82 Å². The average molecular weight is 328 g/mol. The highest BCUT2D eigenvalue weighted by Crippen LogP contribution is 2.18. The van der Waals surface area contributed by atoms with Gasteiger partial charge in [-0.15, -0.1) is 0 Å². The van der Waals surface area contributed by atoms with E-state index in [1.807, 2.05) is 65.4 Å². The minimum Gasteiger partial charge on any atom is -0.348 e. The van der Waals surface area contributed by atoms with E-state index in [0.717, 1.165) is 22.2 Å². The van der Waals surface area contributed by atoms with Crippen molar-refractivity contribution in [1.82, 2.24) is 19.9 Å². The Morgan fingerprint density at radius 1 is 1.00 bits per heavy atom. The van der Waals surface area contributed by atoms with Gasteiger partial charge in [-0.3, -0.25) is 9.36 Å². The maximum atomic E-state index is 12.7. The summed E-state index contributed by atoms with van der Waals surface area (Å²) in [6.07, 6.45) is 6.95. The first-order valence-corrected chi connectivity index (χ1v) is 8.01. The Kier molecular flexibility index (Phi) is 3.96. The minimum atomic E-state index is -0.0998. The third kappa shape index (κ3) is 2.99. The number of hydrogen-bond acceptors (Lipinski definition) is 3. The van der Waals surface area contributed by atoms with E-state index in [1.165, 1.54) is 0 Å². The molecule has 122 valence electrons. The average Bonchev–Trinajstić information content (AvgIpc) is 3.20. The van der Waals surface area contributed by atoms with Crippen molar-refractivity contribution in [3.63, 3.8) is 0 Å². The molecule has 0 bridgehead atoms. The van der Waals surface area contributed by atoms with E-state index in [-0.39, 0.29) is 5.91 Å². The topological polar surface area (TPSA) is 59.8 Å². The number of aromatic nitrogens is 3. The van der Waals surface area contributed by atoms with Crippen molar-refractivity contribution >= 4 is 16.7 Å². The zero-order valence-electron chi connectivity index (χ0n) is 13.5. The molecule has 4 aromatic rings. The fourth-order valence-corrected chi connectivity index (χ4v) is 2.88. The van der Waals surface area contributed by atoms with E-state index in [0.29, 0.717) is 12.1 Å². The molecule has 2 heterocycles. The van der Waals surface area contributed by atoms with Gasteiger partial charge in [-0.1, -0.05) is 42.5 Å². The number of rotatable bonds is 4. The van der Waals surface area contributed by atoms with Gasteiger partial charge in [0.15, 0.2) is 0 Å². The summed E-state index contributed by atoms with van der Waals surface area (Å²) in [5.74, 6) is 0.662. The molecule has 0 aliphatic carbocycles. The number of carbonyl (C=O) groups excluding carboxylic acids is 1. The molecule has 0 aliphatic heterocycles. The number of nitrogens with zero attached hydrogens (tertiary/aromatic N) is 3. The van der Waals surface area contributed by atoms with Crippen molar-refractivity contribution in [2.75, 3.05) is 0 Å². The van der Waals surface area contributed by atoms with Crippen LogP contribution in [0.4, 0.5) is 0 Å². The molecule has 0 atom stereocenters. The molecule has 2 aromatic carbocycles. The number of imidazole rings is 1. The lowest BCUT2D eigenvalue weighted by atomic mass is 10.0. The van der Waals surface area contributed by atoms with Crippen LogP contribution < -0.4 is 5.32 Å². The van der Waals surface area contributed by atoms with Crippen LogP contribution in [0.3, 0.4) is 0 Å². The summed E-state index contributed by atoms with van der Waals surface area (Å²) in [6, 6.07) is 17.4. The molecule has 0 saturated carbocycles. The minimum absolute atomic E-state index is 0.0998. The summed E-state index contributed by atoms with van der Waals surface area (Å²) in [7, 11) is 0. The predicted octanol–water partition coefficient (Wildman–Crippen LogP) is 3.35. The molecule has 0 fully saturated rings. The second kappa shape index (κ2) is 6.57. The molecule has 1 N–H and O–H groups in total. The second-order valence-corrected chi connectivity index (χ2v) is 5.67. The van der Waals surface area contributed by atoms with Gasteiger partial charge < -0.3 is 5.32 Å². The number of pyridine rings is 1. The lowest BCUT2D eigenvalue weighted by Gasteiger charge is -2.11. The van der Waals surface area contributed by atoms with Gasteiger partial charge in [0.25, 0.3) is 5.91 Å². The van der Waals surface area contributed by atoms with Gasteiger partial charge in [0.2, 0.25) is 0 Å². The predicted molar refractivity (Wildman–Crippen MR) is 96.5 cm³/mol. The van der Waals surface area contributed by atoms with Crippen LogP contribution in [0.5, 0.6) is 0 Å². The summed E-state index contributed by atoms with van der Waals surface area (Å²) < 4.78 is 1.83. The van der Waals surface area contributed by atoms with Gasteiger partial charge in [0.05, 0.1) is 0 Å². The van der Waals surface area contributed by atoms with Gasteiger partial charge in [-0.2, -0.15) is 0 Å². The Bertz CT molecular complexity index is 1020. The first-order valence-electron chi connectivity index (χ1n) is 8.01. The largest absolute Gasteiger partial charge is 0.348 e. The number of hydrogen-bond donors (Lipinski definition) is 1. The number of benzene rings is 2. The van der Waals surface area contributed by atoms with Crippen LogP contribution in [0.15, 0.2) is 79.5 Å². The van der Waals surface area contributed by atoms with Gasteiger partial charge in [-0.05, 0) is 22.9 Å². The molecule has 0 unspecified atom stereocenters. The molecular formula is C20H16N4O. The normalized spacial score (nSPS) is 10.7. The van der Waals surface area contributed by atoms with Crippen LogP contribution in [0.2, 0.25) is 0 Å². The van der Waals surface area contributed by atoms with Gasteiger partial charge >= 0.3 is 0 Å². The fraction of sp³-hybridized carbons (Fsp3) is 0.0500. The Morgan fingerprint density at radius 3 is 2.76 bits per heavy atom. The molecule has 1 amide bonds. The zero-order valence-corrected chi connectivity index (χ0v) is 13.5. The van der Waals surface area contributed by atoms with Crippen molar-refractivity contribution in [1.29, 1.82) is 0 Å².